The number of carbonyl (C=O) groups is 3. The van der Waals surface area contributed by atoms with E-state index in [4.69, 9.17) is 0 Å². The van der Waals surface area contributed by atoms with Crippen molar-refractivity contribution in [1.29, 1.82) is 0 Å². The molecule has 2 aromatic rings. The molecule has 0 saturated carbocycles. The zero-order valence-electron chi connectivity index (χ0n) is 15.7. The van der Waals surface area contributed by atoms with Crippen molar-refractivity contribution in [3.63, 3.8) is 0 Å². The van der Waals surface area contributed by atoms with E-state index >= 15 is 0 Å². The Balaban J connectivity index is 1.77. The number of hydrogen-bond acceptors (Lipinski definition) is 5. The van der Waals surface area contributed by atoms with E-state index in [1.165, 1.54) is 16.7 Å². The quantitative estimate of drug-likeness (QED) is 0.608. The topological polar surface area (TPSA) is 107 Å². The number of nitrogens with one attached hydrogen (secondary N) is 1. The molecule has 29 heavy (non-hydrogen) atoms. The fraction of sp³-hybridized carbons (Fsp3) is 0.286. The molecule has 3 rings (SSSR count). The number of aryl methyl sites for hydroxylation is 1. The maximum Gasteiger partial charge on any atom is 0.323 e. The number of carbonyl (C=O) groups excluding carboxylic acids is 1. The van der Waals surface area contributed by atoms with Gasteiger partial charge in [-0.05, 0) is 30.5 Å². The van der Waals surface area contributed by atoms with Crippen molar-refractivity contribution < 1.29 is 24.6 Å². The fourth-order valence-corrected chi connectivity index (χ4v) is 4.33. The Morgan fingerprint density at radius 3 is 2.48 bits per heavy atom. The summed E-state index contributed by atoms with van der Waals surface area (Å²) in [6, 6.07) is 14.9. The van der Waals surface area contributed by atoms with E-state index in [1.807, 2.05) is 42.5 Å². The average Bonchev–Trinajstić information content (AvgIpc) is 2.83. The number of rotatable bonds is 8. The number of aliphatic carboxylic acids is 2. The van der Waals surface area contributed by atoms with Crippen LogP contribution in [0.2, 0.25) is 0 Å². The van der Waals surface area contributed by atoms with Crippen LogP contribution in [0.25, 0.3) is 0 Å². The van der Waals surface area contributed by atoms with Crippen molar-refractivity contribution in [1.82, 2.24) is 5.32 Å². The smallest absolute Gasteiger partial charge is 0.323 e. The van der Waals surface area contributed by atoms with Gasteiger partial charge in [0.25, 0.3) is 0 Å². The lowest BCUT2D eigenvalue weighted by Gasteiger charge is -2.26. The van der Waals surface area contributed by atoms with Crippen LogP contribution in [0.4, 0.5) is 5.69 Å². The lowest BCUT2D eigenvalue weighted by atomic mass is 10.0. The Hall–Kier alpha value is -2.84. The standard InChI is InChI=1S/C21H22N2O5S/c24-19(25)12-23-17-8-4-5-9-18(17)29-13-16(20(23)26)22-15(21(27)28)11-10-14-6-2-1-3-7-14/h1-9,15-16,22H,10-13H2,(H,24,25)(H,27,28)/t15?,16-/m0/s1. The van der Waals surface area contributed by atoms with E-state index < -0.39 is 36.5 Å². The van der Waals surface area contributed by atoms with Crippen molar-refractivity contribution in [2.45, 2.75) is 29.8 Å². The lowest BCUT2D eigenvalue weighted by molar-refractivity contribution is -0.140. The number of fused-ring (bicyclic) bond motifs is 1. The summed E-state index contributed by atoms with van der Waals surface area (Å²) in [4.78, 5) is 38.2. The first-order chi connectivity index (χ1) is 14.0. The van der Waals surface area contributed by atoms with E-state index in [0.29, 0.717) is 24.3 Å². The van der Waals surface area contributed by atoms with Crippen LogP contribution >= 0.6 is 11.8 Å². The minimum Gasteiger partial charge on any atom is -0.480 e. The number of nitrogens with zero attached hydrogens (tertiary/aromatic N) is 1. The summed E-state index contributed by atoms with van der Waals surface area (Å²) in [6.45, 7) is -0.476. The predicted octanol–water partition coefficient (Wildman–Crippen LogP) is 2.25. The molecule has 0 spiro atoms. The summed E-state index contributed by atoms with van der Waals surface area (Å²) < 4.78 is 0. The number of para-hydroxylation sites is 1. The SMILES string of the molecule is O=C(O)CN1C(=O)[C@@H](NC(CCc2ccccc2)C(=O)O)CSc2ccccc21. The molecule has 1 heterocycles. The molecular weight excluding hydrogens is 392 g/mol. The average molecular weight is 414 g/mol. The molecule has 0 aliphatic carbocycles. The van der Waals surface area contributed by atoms with Crippen molar-refractivity contribution in [3.8, 4) is 0 Å². The number of carboxylic acid groups (broad SMARTS) is 2. The first-order valence-corrected chi connectivity index (χ1v) is 10.2. The minimum atomic E-state index is -1.13. The highest BCUT2D eigenvalue weighted by molar-refractivity contribution is 7.99. The second-order valence-electron chi connectivity index (χ2n) is 6.73. The van der Waals surface area contributed by atoms with Gasteiger partial charge in [-0.3, -0.25) is 24.6 Å². The van der Waals surface area contributed by atoms with Gasteiger partial charge in [0.15, 0.2) is 0 Å². The molecule has 1 unspecified atom stereocenters. The van der Waals surface area contributed by atoms with Gasteiger partial charge in [0.1, 0.15) is 12.6 Å². The van der Waals surface area contributed by atoms with E-state index in [9.17, 15) is 24.6 Å². The third-order valence-electron chi connectivity index (χ3n) is 4.68. The minimum absolute atomic E-state index is 0.319. The molecule has 1 aliphatic heterocycles. The van der Waals surface area contributed by atoms with Crippen molar-refractivity contribution >= 4 is 35.3 Å². The molecule has 7 nitrogen and oxygen atoms in total. The van der Waals surface area contributed by atoms with Crippen LogP contribution in [0.1, 0.15) is 12.0 Å². The predicted molar refractivity (Wildman–Crippen MR) is 110 cm³/mol. The van der Waals surface area contributed by atoms with Crippen LogP contribution in [-0.4, -0.2) is 52.4 Å². The Morgan fingerprint density at radius 1 is 1.10 bits per heavy atom. The van der Waals surface area contributed by atoms with Gasteiger partial charge in [0.2, 0.25) is 5.91 Å². The van der Waals surface area contributed by atoms with Crippen LogP contribution in [-0.2, 0) is 20.8 Å². The molecule has 3 N–H and O–H groups in total. The van der Waals surface area contributed by atoms with Gasteiger partial charge in [0.05, 0.1) is 11.7 Å². The Labute approximate surface area is 172 Å². The largest absolute Gasteiger partial charge is 0.480 e. The van der Waals surface area contributed by atoms with E-state index in [2.05, 4.69) is 5.32 Å². The van der Waals surface area contributed by atoms with Crippen LogP contribution < -0.4 is 10.2 Å². The molecule has 0 bridgehead atoms. The molecule has 2 atom stereocenters. The van der Waals surface area contributed by atoms with Crippen LogP contribution in [0.5, 0.6) is 0 Å². The maximum atomic E-state index is 13.1. The summed E-state index contributed by atoms with van der Waals surface area (Å²) in [7, 11) is 0. The third kappa shape index (κ3) is 5.36. The molecule has 0 fully saturated rings. The molecule has 0 saturated heterocycles. The highest BCUT2D eigenvalue weighted by Gasteiger charge is 2.34. The summed E-state index contributed by atoms with van der Waals surface area (Å²) in [6.07, 6.45) is 0.873. The zero-order chi connectivity index (χ0) is 20.8. The van der Waals surface area contributed by atoms with Gasteiger partial charge in [-0.15, -0.1) is 11.8 Å². The van der Waals surface area contributed by atoms with Gasteiger partial charge >= 0.3 is 11.9 Å². The van der Waals surface area contributed by atoms with Gasteiger partial charge in [-0.2, -0.15) is 0 Å². The van der Waals surface area contributed by atoms with Crippen LogP contribution in [0.3, 0.4) is 0 Å². The number of thioether (sulfide) groups is 1. The van der Waals surface area contributed by atoms with Crippen LogP contribution in [0.15, 0.2) is 59.5 Å². The lowest BCUT2D eigenvalue weighted by Crippen LogP contribution is -2.53. The van der Waals surface area contributed by atoms with Gasteiger partial charge < -0.3 is 10.2 Å². The Morgan fingerprint density at radius 2 is 1.79 bits per heavy atom. The molecule has 2 aromatic carbocycles. The molecule has 152 valence electrons. The summed E-state index contributed by atoms with van der Waals surface area (Å²) in [5, 5.41) is 21.8. The maximum absolute atomic E-state index is 13.1. The molecule has 1 aliphatic rings. The van der Waals surface area contributed by atoms with Gasteiger partial charge in [0, 0.05) is 10.6 Å². The number of amides is 1. The zero-order valence-corrected chi connectivity index (χ0v) is 16.5. The van der Waals surface area contributed by atoms with Gasteiger partial charge in [-0.1, -0.05) is 42.5 Å². The molecular formula is C21H22N2O5S. The molecule has 0 radical (unpaired) electrons. The van der Waals surface area contributed by atoms with Crippen molar-refractivity contribution in [2.24, 2.45) is 0 Å². The third-order valence-corrected chi connectivity index (χ3v) is 5.84. The number of hydrogen-bond donors (Lipinski definition) is 3. The monoisotopic (exact) mass is 414 g/mol. The summed E-state index contributed by atoms with van der Waals surface area (Å²) in [5.74, 6) is -2.28. The summed E-state index contributed by atoms with van der Waals surface area (Å²) in [5.41, 5.74) is 1.55. The second-order valence-corrected chi connectivity index (χ2v) is 7.79. The summed E-state index contributed by atoms with van der Waals surface area (Å²) >= 11 is 1.41. The highest BCUT2D eigenvalue weighted by atomic mass is 32.2. The number of anilines is 1. The van der Waals surface area contributed by atoms with Crippen molar-refractivity contribution in [3.05, 3.63) is 60.2 Å². The van der Waals surface area contributed by atoms with Crippen molar-refractivity contribution in [2.75, 3.05) is 17.2 Å². The first kappa shape index (κ1) is 20.9. The first-order valence-electron chi connectivity index (χ1n) is 9.23. The van der Waals surface area contributed by atoms with Crippen LogP contribution in [0, 0.1) is 0 Å². The molecule has 8 heteroatoms. The molecule has 1 amide bonds. The normalized spacial score (nSPS) is 17.3. The van der Waals surface area contributed by atoms with E-state index in [1.54, 1.807) is 12.1 Å². The fourth-order valence-electron chi connectivity index (χ4n) is 3.25. The van der Waals surface area contributed by atoms with Gasteiger partial charge in [-0.25, -0.2) is 0 Å². The van der Waals surface area contributed by atoms with E-state index in [-0.39, 0.29) is 0 Å². The number of carboxylic acids is 2. The second kappa shape index (κ2) is 9.58. The Kier molecular flexibility index (Phi) is 6.90. The Bertz CT molecular complexity index is 890. The number of benzene rings is 2. The molecule has 0 aromatic heterocycles. The highest BCUT2D eigenvalue weighted by Crippen LogP contribution is 2.34. The van der Waals surface area contributed by atoms with E-state index in [0.717, 1.165) is 10.5 Å².